The molecule has 0 radical (unpaired) electrons. The van der Waals surface area contributed by atoms with Gasteiger partial charge in [0.2, 0.25) is 0 Å². The summed E-state index contributed by atoms with van der Waals surface area (Å²) in [5.41, 5.74) is 9.56. The standard InChI is InChI=1S/C42H36BrN/c1-4-5-6-10-13-37(32-17-14-30(2)15-18-32)34-21-26-41-39(28-34)40-29-35(22-27-42(40)44(41)3)38(33-19-23-36(43)24-20-33)25-16-31-11-8-7-9-12-31/h7-9,11-12,14-15,17-24,26-29,37-38H,4-6H2,1-3H3. The lowest BCUT2D eigenvalue weighted by molar-refractivity contribution is 0.827. The second kappa shape index (κ2) is 13.4. The zero-order valence-corrected chi connectivity index (χ0v) is 27.2. The Bertz CT molecular complexity index is 2030. The average Bonchev–Trinajstić information content (AvgIpc) is 3.33. The average molecular weight is 635 g/mol. The van der Waals surface area contributed by atoms with Crippen molar-refractivity contribution in [1.82, 2.24) is 4.57 Å². The molecule has 0 saturated carbocycles. The Morgan fingerprint density at radius 3 is 1.80 bits per heavy atom. The smallest absolute Gasteiger partial charge is 0.0706 e. The van der Waals surface area contributed by atoms with E-state index >= 15 is 0 Å². The molecule has 6 rings (SSSR count). The maximum Gasteiger partial charge on any atom is 0.0706 e. The van der Waals surface area contributed by atoms with Crippen molar-refractivity contribution in [2.24, 2.45) is 7.05 Å². The highest BCUT2D eigenvalue weighted by molar-refractivity contribution is 9.10. The minimum absolute atomic E-state index is 0.0301. The van der Waals surface area contributed by atoms with E-state index in [0.717, 1.165) is 29.3 Å². The van der Waals surface area contributed by atoms with Crippen LogP contribution in [0.3, 0.4) is 0 Å². The summed E-state index contributed by atoms with van der Waals surface area (Å²) in [6.45, 7) is 4.35. The van der Waals surface area contributed by atoms with Crippen molar-refractivity contribution in [3.05, 3.63) is 153 Å². The number of benzene rings is 5. The minimum Gasteiger partial charge on any atom is -0.344 e. The van der Waals surface area contributed by atoms with Crippen LogP contribution in [0, 0.1) is 30.6 Å². The molecule has 2 heteroatoms. The van der Waals surface area contributed by atoms with Crippen molar-refractivity contribution in [2.75, 3.05) is 0 Å². The van der Waals surface area contributed by atoms with E-state index in [1.165, 1.54) is 49.6 Å². The lowest BCUT2D eigenvalue weighted by Crippen LogP contribution is -1.99. The molecule has 2 atom stereocenters. The molecule has 0 spiro atoms. The van der Waals surface area contributed by atoms with Crippen LogP contribution in [-0.2, 0) is 7.05 Å². The number of rotatable bonds is 6. The normalized spacial score (nSPS) is 12.3. The summed E-state index contributed by atoms with van der Waals surface area (Å²) in [6.07, 6.45) is 3.22. The Hall–Kier alpha value is -4.50. The molecule has 0 aliphatic carbocycles. The van der Waals surface area contributed by atoms with Gasteiger partial charge in [-0.3, -0.25) is 0 Å². The molecule has 0 fully saturated rings. The van der Waals surface area contributed by atoms with Gasteiger partial charge in [-0.15, -0.1) is 5.92 Å². The topological polar surface area (TPSA) is 4.93 Å². The maximum absolute atomic E-state index is 3.64. The van der Waals surface area contributed by atoms with Crippen LogP contribution in [0.5, 0.6) is 0 Å². The minimum atomic E-state index is -0.0594. The fraction of sp³-hybridized carbons (Fsp3) is 0.190. The molecule has 0 saturated heterocycles. The fourth-order valence-electron chi connectivity index (χ4n) is 5.86. The van der Waals surface area contributed by atoms with Crippen LogP contribution in [0.1, 0.15) is 71.4 Å². The van der Waals surface area contributed by atoms with Gasteiger partial charge >= 0.3 is 0 Å². The third-order valence-electron chi connectivity index (χ3n) is 8.37. The monoisotopic (exact) mass is 633 g/mol. The van der Waals surface area contributed by atoms with Crippen LogP contribution < -0.4 is 0 Å². The van der Waals surface area contributed by atoms with Gasteiger partial charge in [-0.1, -0.05) is 119 Å². The molecule has 0 bridgehead atoms. The molecule has 0 N–H and O–H groups in total. The fourth-order valence-corrected chi connectivity index (χ4v) is 6.13. The molecule has 2 unspecified atom stereocenters. The van der Waals surface area contributed by atoms with Gasteiger partial charge in [0.15, 0.2) is 0 Å². The molecule has 0 aliphatic rings. The SMILES string of the molecule is CCCCC#CC(c1ccc(C)cc1)c1ccc2c(c1)c1cc(C(C#Cc3ccccc3)c3ccc(Br)cc3)ccc1n2C. The summed E-state index contributed by atoms with van der Waals surface area (Å²) in [5.74, 6) is 14.1. The zero-order valence-electron chi connectivity index (χ0n) is 25.6. The van der Waals surface area contributed by atoms with Crippen molar-refractivity contribution in [1.29, 1.82) is 0 Å². The summed E-state index contributed by atoms with van der Waals surface area (Å²) in [6, 6.07) is 41.4. The van der Waals surface area contributed by atoms with Gasteiger partial charge in [0, 0.05) is 45.3 Å². The lowest BCUT2D eigenvalue weighted by atomic mass is 9.89. The molecule has 5 aromatic carbocycles. The molecule has 44 heavy (non-hydrogen) atoms. The molecule has 0 amide bonds. The lowest BCUT2D eigenvalue weighted by Gasteiger charge is -2.14. The van der Waals surface area contributed by atoms with Gasteiger partial charge in [-0.05, 0) is 84.1 Å². The van der Waals surface area contributed by atoms with Crippen LogP contribution in [0.4, 0.5) is 0 Å². The third kappa shape index (κ3) is 6.38. The summed E-state index contributed by atoms with van der Waals surface area (Å²) in [7, 11) is 2.16. The van der Waals surface area contributed by atoms with E-state index in [1.807, 2.05) is 18.2 Å². The number of hydrogen-bond acceptors (Lipinski definition) is 0. The van der Waals surface area contributed by atoms with Gasteiger partial charge in [0.25, 0.3) is 0 Å². The van der Waals surface area contributed by atoms with E-state index < -0.39 is 0 Å². The summed E-state index contributed by atoms with van der Waals surface area (Å²) < 4.78 is 3.37. The molecule has 1 heterocycles. The molecule has 1 aromatic heterocycles. The van der Waals surface area contributed by atoms with Gasteiger partial charge < -0.3 is 4.57 Å². The van der Waals surface area contributed by atoms with E-state index in [-0.39, 0.29) is 11.8 Å². The Balaban J connectivity index is 1.49. The Kier molecular flexibility index (Phi) is 9.02. The van der Waals surface area contributed by atoms with Gasteiger partial charge in [0.05, 0.1) is 11.8 Å². The molecule has 1 nitrogen and oxygen atoms in total. The van der Waals surface area contributed by atoms with E-state index in [9.17, 15) is 0 Å². The highest BCUT2D eigenvalue weighted by atomic mass is 79.9. The number of halogens is 1. The second-order valence-electron chi connectivity index (χ2n) is 11.5. The predicted octanol–water partition coefficient (Wildman–Crippen LogP) is 10.9. The summed E-state index contributed by atoms with van der Waals surface area (Å²) in [5, 5.41) is 2.49. The largest absolute Gasteiger partial charge is 0.344 e. The Morgan fingerprint density at radius 2 is 1.20 bits per heavy atom. The van der Waals surface area contributed by atoms with Crippen LogP contribution in [0.2, 0.25) is 0 Å². The molecule has 6 aromatic rings. The van der Waals surface area contributed by atoms with Crippen molar-refractivity contribution in [3.8, 4) is 23.7 Å². The van der Waals surface area contributed by atoms with Crippen LogP contribution in [-0.4, -0.2) is 4.57 Å². The number of hydrogen-bond donors (Lipinski definition) is 0. The van der Waals surface area contributed by atoms with E-state index in [1.54, 1.807) is 0 Å². The highest BCUT2D eigenvalue weighted by Crippen LogP contribution is 2.36. The molecule has 0 aliphatic heterocycles. The Labute approximate surface area is 270 Å². The quantitative estimate of drug-likeness (QED) is 0.127. The van der Waals surface area contributed by atoms with E-state index in [2.05, 4.69) is 162 Å². The highest BCUT2D eigenvalue weighted by Gasteiger charge is 2.18. The number of aryl methyl sites for hydroxylation is 2. The summed E-state index contributed by atoms with van der Waals surface area (Å²) >= 11 is 3.60. The zero-order chi connectivity index (χ0) is 30.5. The van der Waals surface area contributed by atoms with Crippen LogP contribution in [0.15, 0.2) is 120 Å². The maximum atomic E-state index is 3.64. The van der Waals surface area contributed by atoms with Crippen molar-refractivity contribution >= 4 is 37.7 Å². The first kappa shape index (κ1) is 29.6. The van der Waals surface area contributed by atoms with Gasteiger partial charge in [-0.2, -0.15) is 0 Å². The first-order valence-electron chi connectivity index (χ1n) is 15.4. The van der Waals surface area contributed by atoms with E-state index in [4.69, 9.17) is 0 Å². The van der Waals surface area contributed by atoms with Crippen LogP contribution >= 0.6 is 15.9 Å². The molecule has 216 valence electrons. The van der Waals surface area contributed by atoms with Crippen molar-refractivity contribution in [3.63, 3.8) is 0 Å². The third-order valence-corrected chi connectivity index (χ3v) is 8.90. The number of fused-ring (bicyclic) bond motifs is 3. The molecular formula is C42H36BrN. The predicted molar refractivity (Wildman–Crippen MR) is 190 cm³/mol. The number of nitrogens with zero attached hydrogens (tertiary/aromatic N) is 1. The second-order valence-corrected chi connectivity index (χ2v) is 12.4. The molecular weight excluding hydrogens is 598 g/mol. The number of aromatic nitrogens is 1. The first-order valence-corrected chi connectivity index (χ1v) is 16.2. The van der Waals surface area contributed by atoms with E-state index in [0.29, 0.717) is 0 Å². The van der Waals surface area contributed by atoms with Crippen molar-refractivity contribution < 1.29 is 0 Å². The van der Waals surface area contributed by atoms with Gasteiger partial charge in [-0.25, -0.2) is 0 Å². The Morgan fingerprint density at radius 1 is 0.659 bits per heavy atom. The van der Waals surface area contributed by atoms with Crippen molar-refractivity contribution in [2.45, 2.75) is 44.9 Å². The van der Waals surface area contributed by atoms with Crippen LogP contribution in [0.25, 0.3) is 21.8 Å². The first-order chi connectivity index (χ1) is 21.5. The van der Waals surface area contributed by atoms with Gasteiger partial charge in [0.1, 0.15) is 0 Å². The number of unbranched alkanes of at least 4 members (excludes halogenated alkanes) is 2. The summed E-state index contributed by atoms with van der Waals surface area (Å²) in [4.78, 5) is 0.